The third-order valence-electron chi connectivity index (χ3n) is 4.50. The molecule has 112 valence electrons. The molecule has 1 heterocycles. The first-order chi connectivity index (χ1) is 9.40. The molecule has 20 heavy (non-hydrogen) atoms. The molecule has 1 aromatic heterocycles. The van der Waals surface area contributed by atoms with Crippen molar-refractivity contribution in [2.45, 2.75) is 58.5 Å². The average molecular weight is 277 g/mol. The summed E-state index contributed by atoms with van der Waals surface area (Å²) in [6.45, 7) is 6.43. The fourth-order valence-electron chi connectivity index (χ4n) is 3.08. The van der Waals surface area contributed by atoms with Crippen LogP contribution in [0.15, 0.2) is 12.3 Å². The number of carbonyl (C=O) groups excluding carboxylic acids is 1. The molecule has 1 fully saturated rings. The van der Waals surface area contributed by atoms with Crippen molar-refractivity contribution in [1.29, 1.82) is 0 Å². The second-order valence-corrected chi connectivity index (χ2v) is 6.49. The minimum absolute atomic E-state index is 0.0925. The zero-order chi connectivity index (χ0) is 14.9. The van der Waals surface area contributed by atoms with E-state index < -0.39 is 0 Å². The lowest BCUT2D eigenvalue weighted by Gasteiger charge is -2.34. The highest BCUT2D eigenvalue weighted by atomic mass is 16.2. The molecule has 0 bridgehead atoms. The second kappa shape index (κ2) is 5.90. The molecule has 0 aromatic carbocycles. The van der Waals surface area contributed by atoms with Crippen LogP contribution in [0.2, 0.25) is 0 Å². The lowest BCUT2D eigenvalue weighted by Crippen LogP contribution is -2.40. The van der Waals surface area contributed by atoms with Gasteiger partial charge >= 0.3 is 0 Å². The highest BCUT2D eigenvalue weighted by Crippen LogP contribution is 2.28. The van der Waals surface area contributed by atoms with E-state index in [1.54, 1.807) is 6.07 Å². The van der Waals surface area contributed by atoms with E-state index in [0.29, 0.717) is 17.4 Å². The SMILES string of the molecule is CC1CCC(N(C)C(=O)c2cc(N)cn2C(C)C)CC1. The Labute approximate surface area is 121 Å². The number of rotatable bonds is 3. The number of carbonyl (C=O) groups is 1. The fourth-order valence-corrected chi connectivity index (χ4v) is 3.08. The van der Waals surface area contributed by atoms with Crippen molar-refractivity contribution in [3.8, 4) is 0 Å². The van der Waals surface area contributed by atoms with Crippen molar-refractivity contribution in [3.05, 3.63) is 18.0 Å². The summed E-state index contributed by atoms with van der Waals surface area (Å²) in [5, 5.41) is 0. The van der Waals surface area contributed by atoms with Crippen molar-refractivity contribution >= 4 is 11.6 Å². The van der Waals surface area contributed by atoms with Gasteiger partial charge < -0.3 is 15.2 Å². The summed E-state index contributed by atoms with van der Waals surface area (Å²) >= 11 is 0. The van der Waals surface area contributed by atoms with Crippen LogP contribution in [0.3, 0.4) is 0 Å². The molecule has 0 aliphatic heterocycles. The van der Waals surface area contributed by atoms with Crippen LogP contribution in [0.5, 0.6) is 0 Å². The molecule has 1 saturated carbocycles. The largest absolute Gasteiger partial charge is 0.397 e. The van der Waals surface area contributed by atoms with Gasteiger partial charge in [0, 0.05) is 25.3 Å². The Morgan fingerprint density at radius 1 is 1.35 bits per heavy atom. The maximum atomic E-state index is 12.7. The Morgan fingerprint density at radius 2 is 1.95 bits per heavy atom. The summed E-state index contributed by atoms with van der Waals surface area (Å²) in [5.41, 5.74) is 7.23. The predicted molar refractivity (Wildman–Crippen MR) is 82.7 cm³/mol. The van der Waals surface area contributed by atoms with Crippen molar-refractivity contribution < 1.29 is 4.79 Å². The van der Waals surface area contributed by atoms with Crippen LogP contribution < -0.4 is 5.73 Å². The molecule has 1 aliphatic rings. The van der Waals surface area contributed by atoms with Gasteiger partial charge in [-0.2, -0.15) is 0 Å². The first-order valence-electron chi connectivity index (χ1n) is 7.64. The smallest absolute Gasteiger partial charge is 0.270 e. The molecule has 0 unspecified atom stereocenters. The zero-order valence-corrected chi connectivity index (χ0v) is 13.1. The predicted octanol–water partition coefficient (Wildman–Crippen LogP) is 3.30. The zero-order valence-electron chi connectivity index (χ0n) is 13.1. The Bertz CT molecular complexity index is 470. The number of nitrogens with zero attached hydrogens (tertiary/aromatic N) is 2. The summed E-state index contributed by atoms with van der Waals surface area (Å²) < 4.78 is 1.97. The number of anilines is 1. The molecular weight excluding hydrogens is 250 g/mol. The average Bonchev–Trinajstić information content (AvgIpc) is 2.80. The van der Waals surface area contributed by atoms with Gasteiger partial charge in [-0.25, -0.2) is 0 Å². The van der Waals surface area contributed by atoms with Gasteiger partial charge in [0.1, 0.15) is 5.69 Å². The van der Waals surface area contributed by atoms with Crippen molar-refractivity contribution in [3.63, 3.8) is 0 Å². The summed E-state index contributed by atoms with van der Waals surface area (Å²) in [5.74, 6) is 0.889. The summed E-state index contributed by atoms with van der Waals surface area (Å²) in [4.78, 5) is 14.6. The molecule has 0 spiro atoms. The highest BCUT2D eigenvalue weighted by Gasteiger charge is 2.27. The molecule has 0 saturated heterocycles. The lowest BCUT2D eigenvalue weighted by molar-refractivity contribution is 0.0667. The maximum absolute atomic E-state index is 12.7. The summed E-state index contributed by atoms with van der Waals surface area (Å²) in [7, 11) is 1.93. The van der Waals surface area contributed by atoms with Crippen LogP contribution in [0.25, 0.3) is 0 Å². The molecule has 0 radical (unpaired) electrons. The van der Waals surface area contributed by atoms with Gasteiger partial charge in [-0.15, -0.1) is 0 Å². The molecule has 1 amide bonds. The Kier molecular flexibility index (Phi) is 4.41. The van der Waals surface area contributed by atoms with E-state index in [1.807, 2.05) is 22.7 Å². The molecule has 2 N–H and O–H groups in total. The van der Waals surface area contributed by atoms with Crippen LogP contribution in [-0.2, 0) is 0 Å². The number of nitrogens with two attached hydrogens (primary N) is 1. The van der Waals surface area contributed by atoms with E-state index in [2.05, 4.69) is 20.8 Å². The third-order valence-corrected chi connectivity index (χ3v) is 4.50. The number of amides is 1. The minimum Gasteiger partial charge on any atom is -0.397 e. The quantitative estimate of drug-likeness (QED) is 0.921. The van der Waals surface area contributed by atoms with Gasteiger partial charge in [0.25, 0.3) is 5.91 Å². The van der Waals surface area contributed by atoms with Crippen LogP contribution in [0.4, 0.5) is 5.69 Å². The fraction of sp³-hybridized carbons (Fsp3) is 0.688. The highest BCUT2D eigenvalue weighted by molar-refractivity contribution is 5.94. The monoisotopic (exact) mass is 277 g/mol. The number of aromatic nitrogens is 1. The number of hydrogen-bond acceptors (Lipinski definition) is 2. The van der Waals surface area contributed by atoms with E-state index in [9.17, 15) is 4.79 Å². The van der Waals surface area contributed by atoms with E-state index in [1.165, 1.54) is 12.8 Å². The first-order valence-corrected chi connectivity index (χ1v) is 7.64. The van der Waals surface area contributed by atoms with Crippen LogP contribution in [0, 0.1) is 5.92 Å². The van der Waals surface area contributed by atoms with E-state index in [4.69, 9.17) is 5.73 Å². The summed E-state index contributed by atoms with van der Waals surface area (Å²) in [6, 6.07) is 2.41. The second-order valence-electron chi connectivity index (χ2n) is 6.49. The van der Waals surface area contributed by atoms with Gasteiger partial charge in [0.2, 0.25) is 0 Å². The van der Waals surface area contributed by atoms with E-state index >= 15 is 0 Å². The van der Waals surface area contributed by atoms with Gasteiger partial charge in [-0.05, 0) is 51.5 Å². The maximum Gasteiger partial charge on any atom is 0.270 e. The normalized spacial score (nSPS) is 23.1. The molecule has 1 aromatic rings. The molecule has 2 rings (SSSR count). The van der Waals surface area contributed by atoms with Crippen LogP contribution in [-0.4, -0.2) is 28.5 Å². The molecule has 0 atom stereocenters. The lowest BCUT2D eigenvalue weighted by atomic mass is 9.86. The third kappa shape index (κ3) is 3.00. The van der Waals surface area contributed by atoms with Crippen molar-refractivity contribution in [2.75, 3.05) is 12.8 Å². The topological polar surface area (TPSA) is 51.3 Å². The number of nitrogen functional groups attached to an aromatic ring is 1. The first kappa shape index (κ1) is 14.9. The van der Waals surface area contributed by atoms with Gasteiger partial charge in [0.15, 0.2) is 0 Å². The Hall–Kier alpha value is -1.45. The standard InChI is InChI=1S/C16H27N3O/c1-11(2)19-10-13(17)9-15(19)16(20)18(4)14-7-5-12(3)6-8-14/h9-12,14H,5-8,17H2,1-4H3. The molecule has 4 heteroatoms. The van der Waals surface area contributed by atoms with E-state index in [-0.39, 0.29) is 11.9 Å². The van der Waals surface area contributed by atoms with Crippen LogP contribution >= 0.6 is 0 Å². The van der Waals surface area contributed by atoms with Crippen LogP contribution in [0.1, 0.15) is 63.0 Å². The van der Waals surface area contributed by atoms with Crippen molar-refractivity contribution in [1.82, 2.24) is 9.47 Å². The van der Waals surface area contributed by atoms with Gasteiger partial charge in [-0.3, -0.25) is 4.79 Å². The van der Waals surface area contributed by atoms with Gasteiger partial charge in [0.05, 0.1) is 5.69 Å². The summed E-state index contributed by atoms with van der Waals surface area (Å²) in [6.07, 6.45) is 6.52. The molecule has 4 nitrogen and oxygen atoms in total. The Morgan fingerprint density at radius 3 is 2.50 bits per heavy atom. The van der Waals surface area contributed by atoms with Crippen molar-refractivity contribution in [2.24, 2.45) is 5.92 Å². The number of hydrogen-bond donors (Lipinski definition) is 1. The van der Waals surface area contributed by atoms with E-state index in [0.717, 1.165) is 18.8 Å². The minimum atomic E-state index is 0.0925. The molecule has 1 aliphatic carbocycles. The molecular formula is C16H27N3O. The Balaban J connectivity index is 2.14. The van der Waals surface area contributed by atoms with Gasteiger partial charge in [-0.1, -0.05) is 6.92 Å².